The van der Waals surface area contributed by atoms with Gasteiger partial charge in [-0.3, -0.25) is 0 Å². The summed E-state index contributed by atoms with van der Waals surface area (Å²) < 4.78 is 41.6. The molecule has 0 spiro atoms. The molecule has 10 nitrogen and oxygen atoms in total. The van der Waals surface area contributed by atoms with Crippen molar-refractivity contribution in [3.63, 3.8) is 0 Å². The number of ether oxygens (including phenoxy) is 7. The largest absolute Gasteiger partial charge is 0.493 e. The molecule has 45 heavy (non-hydrogen) atoms. The minimum absolute atomic E-state index is 0.0676. The number of fused-ring (bicyclic) bond motifs is 2. The van der Waals surface area contributed by atoms with Crippen LogP contribution in [-0.4, -0.2) is 69.2 Å². The van der Waals surface area contributed by atoms with E-state index in [0.717, 1.165) is 12.8 Å². The molecule has 2 heterocycles. The van der Waals surface area contributed by atoms with Gasteiger partial charge in [0.15, 0.2) is 12.6 Å². The Balaban J connectivity index is 1.72. The van der Waals surface area contributed by atoms with Gasteiger partial charge in [0.1, 0.15) is 35.4 Å². The zero-order chi connectivity index (χ0) is 32.4. The van der Waals surface area contributed by atoms with Crippen LogP contribution in [0.15, 0.2) is 60.7 Å². The third kappa shape index (κ3) is 9.40. The zero-order valence-corrected chi connectivity index (χ0v) is 26.7. The van der Waals surface area contributed by atoms with E-state index in [4.69, 9.17) is 38.9 Å². The molecule has 0 aromatic heterocycles. The molecule has 2 aromatic rings. The second-order valence-electron chi connectivity index (χ2n) is 11.6. The van der Waals surface area contributed by atoms with E-state index in [1.54, 1.807) is 42.5 Å². The number of carbonyl (C=O) groups excluding carboxylic acids is 2. The van der Waals surface area contributed by atoms with Crippen molar-refractivity contribution in [2.24, 2.45) is 11.7 Å². The van der Waals surface area contributed by atoms with E-state index in [9.17, 15) is 9.59 Å². The van der Waals surface area contributed by atoms with Crippen LogP contribution >= 0.6 is 0 Å². The molecule has 0 saturated carbocycles. The lowest BCUT2D eigenvalue weighted by Crippen LogP contribution is -2.37. The highest BCUT2D eigenvalue weighted by atomic mass is 16.8. The predicted molar refractivity (Wildman–Crippen MR) is 169 cm³/mol. The van der Waals surface area contributed by atoms with Crippen LogP contribution in [0.4, 0.5) is 0 Å². The van der Waals surface area contributed by atoms with E-state index in [1.165, 1.54) is 7.11 Å². The molecule has 2 aromatic carbocycles. The molecule has 10 heteroatoms. The van der Waals surface area contributed by atoms with Crippen LogP contribution < -0.4 is 15.2 Å². The summed E-state index contributed by atoms with van der Waals surface area (Å²) in [6.07, 6.45) is 7.04. The fourth-order valence-electron chi connectivity index (χ4n) is 5.13. The van der Waals surface area contributed by atoms with Crippen molar-refractivity contribution in [1.82, 2.24) is 0 Å². The first-order chi connectivity index (χ1) is 21.6. The van der Waals surface area contributed by atoms with Gasteiger partial charge in [0.25, 0.3) is 0 Å². The molecule has 1 fully saturated rings. The standard InChI is InChI=1S/C35H45NO9/c1-23-16-17-28(43-33(37)25-12-7-6-8-13-25)32-29(44-35(3,4)45-32)15-11-14-26-20-27(40-19-10-9-18-36)21-30(41-22-39-5)31(26)34(38)42-24(23)2/h6-8,11-14,16-17,20-21,23-24,28-29,32H,9-10,15,18-19,22,36H2,1-5H3/b14-11?,17-16-/t23-,24+,28?,29+,32?/m1/s1. The second-order valence-corrected chi connectivity index (χ2v) is 11.6. The maximum Gasteiger partial charge on any atom is 0.342 e. The Morgan fingerprint density at radius 1 is 1.04 bits per heavy atom. The first kappa shape index (κ1) is 34.2. The lowest BCUT2D eigenvalue weighted by Gasteiger charge is -2.25. The summed E-state index contributed by atoms with van der Waals surface area (Å²) in [6, 6.07) is 12.3. The number of esters is 2. The lowest BCUT2D eigenvalue weighted by atomic mass is 9.98. The van der Waals surface area contributed by atoms with Crippen molar-refractivity contribution in [3.05, 3.63) is 77.4 Å². The van der Waals surface area contributed by atoms with Crippen LogP contribution in [0.1, 0.15) is 73.2 Å². The highest BCUT2D eigenvalue weighted by molar-refractivity contribution is 5.97. The molecule has 0 bridgehead atoms. The Bertz CT molecular complexity index is 1340. The quantitative estimate of drug-likeness (QED) is 0.153. The van der Waals surface area contributed by atoms with Gasteiger partial charge >= 0.3 is 11.9 Å². The van der Waals surface area contributed by atoms with Crippen LogP contribution in [0.2, 0.25) is 0 Å². The van der Waals surface area contributed by atoms with Gasteiger partial charge in [-0.1, -0.05) is 43.4 Å². The summed E-state index contributed by atoms with van der Waals surface area (Å²) in [5.74, 6) is -1.36. The third-order valence-corrected chi connectivity index (χ3v) is 7.61. The molecule has 2 aliphatic heterocycles. The van der Waals surface area contributed by atoms with Gasteiger partial charge in [-0.15, -0.1) is 0 Å². The number of nitrogens with two attached hydrogens (primary N) is 1. The molecule has 5 atom stereocenters. The van der Waals surface area contributed by atoms with Gasteiger partial charge in [-0.05, 0) is 76.4 Å². The molecule has 0 amide bonds. The van der Waals surface area contributed by atoms with Gasteiger partial charge in [0, 0.05) is 19.1 Å². The van der Waals surface area contributed by atoms with Crippen LogP contribution in [0, 0.1) is 5.92 Å². The Labute approximate surface area is 265 Å². The van der Waals surface area contributed by atoms with Crippen molar-refractivity contribution in [2.45, 2.75) is 77.2 Å². The average molecular weight is 624 g/mol. The smallest absolute Gasteiger partial charge is 0.342 e. The van der Waals surface area contributed by atoms with E-state index in [0.29, 0.717) is 36.4 Å². The summed E-state index contributed by atoms with van der Waals surface area (Å²) in [5.41, 5.74) is 6.87. The van der Waals surface area contributed by atoms with Crippen molar-refractivity contribution in [2.75, 3.05) is 27.1 Å². The summed E-state index contributed by atoms with van der Waals surface area (Å²) in [4.78, 5) is 26.8. The number of carbonyl (C=O) groups is 2. The minimum atomic E-state index is -0.913. The molecule has 2 N–H and O–H groups in total. The Morgan fingerprint density at radius 2 is 1.82 bits per heavy atom. The predicted octanol–water partition coefficient (Wildman–Crippen LogP) is 5.69. The molecular formula is C35H45NO9. The van der Waals surface area contributed by atoms with Gasteiger partial charge in [0.05, 0.1) is 18.3 Å². The fraction of sp³-hybridized carbons (Fsp3) is 0.486. The SMILES string of the molecule is COCOc1cc(OCCCCN)cc2c1C(=O)O[C@@H](C)[C@H](C)/C=C\C(OC(=O)c1ccccc1)C1OC(C)(C)O[C@H]1CC=C2. The number of unbranched alkanes of at least 4 members (excludes halogenated alkanes) is 1. The van der Waals surface area contributed by atoms with Crippen molar-refractivity contribution < 1.29 is 42.7 Å². The number of hydrogen-bond donors (Lipinski definition) is 1. The zero-order valence-electron chi connectivity index (χ0n) is 26.7. The molecule has 0 aliphatic carbocycles. The molecule has 244 valence electrons. The Morgan fingerprint density at radius 3 is 2.56 bits per heavy atom. The van der Waals surface area contributed by atoms with E-state index >= 15 is 0 Å². The van der Waals surface area contributed by atoms with E-state index in [-0.39, 0.29) is 24.0 Å². The first-order valence-electron chi connectivity index (χ1n) is 15.4. The molecule has 0 radical (unpaired) electrons. The van der Waals surface area contributed by atoms with E-state index < -0.39 is 42.1 Å². The van der Waals surface area contributed by atoms with E-state index in [1.807, 2.05) is 52.0 Å². The first-order valence-corrected chi connectivity index (χ1v) is 15.4. The lowest BCUT2D eigenvalue weighted by molar-refractivity contribution is -0.152. The van der Waals surface area contributed by atoms with Gasteiger partial charge < -0.3 is 38.9 Å². The second kappa shape index (κ2) is 16.0. The molecule has 2 aliphatic rings. The normalized spacial score (nSPS) is 25.3. The molecule has 1 saturated heterocycles. The van der Waals surface area contributed by atoms with E-state index in [2.05, 4.69) is 0 Å². The Hall–Kier alpha value is -3.70. The third-order valence-electron chi connectivity index (χ3n) is 7.61. The summed E-state index contributed by atoms with van der Waals surface area (Å²) in [5, 5.41) is 0. The average Bonchev–Trinajstić information content (AvgIpc) is 3.33. The number of hydrogen-bond acceptors (Lipinski definition) is 10. The van der Waals surface area contributed by atoms with Crippen LogP contribution in [0.5, 0.6) is 11.5 Å². The highest BCUT2D eigenvalue weighted by Gasteiger charge is 2.45. The Kier molecular flexibility index (Phi) is 12.2. The van der Waals surface area contributed by atoms with Crippen LogP contribution in [0.3, 0.4) is 0 Å². The molecule has 4 rings (SSSR count). The maximum atomic E-state index is 13.7. The monoisotopic (exact) mass is 623 g/mol. The molecule has 2 unspecified atom stereocenters. The minimum Gasteiger partial charge on any atom is -0.493 e. The molecular weight excluding hydrogens is 578 g/mol. The number of rotatable bonds is 10. The van der Waals surface area contributed by atoms with Crippen molar-refractivity contribution in [3.8, 4) is 11.5 Å². The van der Waals surface area contributed by atoms with Gasteiger partial charge in [-0.25, -0.2) is 9.59 Å². The van der Waals surface area contributed by atoms with Crippen molar-refractivity contribution >= 4 is 18.0 Å². The van der Waals surface area contributed by atoms with Gasteiger partial charge in [-0.2, -0.15) is 0 Å². The number of benzene rings is 2. The maximum absolute atomic E-state index is 13.7. The topological polar surface area (TPSA) is 125 Å². The van der Waals surface area contributed by atoms with Crippen LogP contribution in [-0.2, 0) is 23.7 Å². The van der Waals surface area contributed by atoms with Crippen molar-refractivity contribution in [1.29, 1.82) is 0 Å². The van der Waals surface area contributed by atoms with Gasteiger partial charge in [0.2, 0.25) is 0 Å². The fourth-order valence-corrected chi connectivity index (χ4v) is 5.13. The summed E-state index contributed by atoms with van der Waals surface area (Å²) >= 11 is 0. The summed E-state index contributed by atoms with van der Waals surface area (Å²) in [6.45, 7) is 8.36. The summed E-state index contributed by atoms with van der Waals surface area (Å²) in [7, 11) is 1.51. The number of cyclic esters (lactones) is 1. The number of methoxy groups -OCH3 is 1. The highest BCUT2D eigenvalue weighted by Crippen LogP contribution is 2.36. The van der Waals surface area contributed by atoms with Crippen LogP contribution in [0.25, 0.3) is 6.08 Å².